The lowest BCUT2D eigenvalue weighted by Crippen LogP contribution is -2.40. The van der Waals surface area contributed by atoms with Gasteiger partial charge in [0.2, 0.25) is 0 Å². The van der Waals surface area contributed by atoms with Crippen molar-refractivity contribution >= 4 is 0 Å². The number of hydrogen-bond acceptors (Lipinski definition) is 3. The molecule has 5 rings (SSSR count). The van der Waals surface area contributed by atoms with Gasteiger partial charge in [-0.25, -0.2) is 0 Å². The Morgan fingerprint density at radius 1 is 0.844 bits per heavy atom. The van der Waals surface area contributed by atoms with Gasteiger partial charge in [0.05, 0.1) is 6.10 Å². The maximum Gasteiger partial charge on any atom is 0.120 e. The van der Waals surface area contributed by atoms with Gasteiger partial charge in [0.1, 0.15) is 12.4 Å². The van der Waals surface area contributed by atoms with E-state index in [2.05, 4.69) is 59.5 Å². The van der Waals surface area contributed by atoms with Crippen LogP contribution in [0.15, 0.2) is 78.9 Å². The Morgan fingerprint density at radius 2 is 1.56 bits per heavy atom. The van der Waals surface area contributed by atoms with E-state index in [9.17, 15) is 5.11 Å². The molecule has 0 bridgehead atoms. The van der Waals surface area contributed by atoms with Gasteiger partial charge in [0, 0.05) is 19.1 Å². The molecular formula is C29H33NO2. The SMILES string of the molecule is OC1CN(C2CCC(c3ccccc3)CC2)CCc2cc(OCc3ccccc3)ccc21. The van der Waals surface area contributed by atoms with E-state index in [-0.39, 0.29) is 0 Å². The second kappa shape index (κ2) is 9.89. The summed E-state index contributed by atoms with van der Waals surface area (Å²) in [7, 11) is 0. The zero-order chi connectivity index (χ0) is 21.8. The first-order valence-electron chi connectivity index (χ1n) is 12.0. The van der Waals surface area contributed by atoms with Crippen LogP contribution >= 0.6 is 0 Å². The number of hydrogen-bond donors (Lipinski definition) is 1. The monoisotopic (exact) mass is 427 g/mol. The molecule has 166 valence electrons. The van der Waals surface area contributed by atoms with Gasteiger partial charge in [0.15, 0.2) is 0 Å². The summed E-state index contributed by atoms with van der Waals surface area (Å²) >= 11 is 0. The lowest BCUT2D eigenvalue weighted by molar-refractivity contribution is 0.0774. The number of aliphatic hydroxyl groups excluding tert-OH is 1. The average molecular weight is 428 g/mol. The molecule has 1 aliphatic carbocycles. The second-order valence-corrected chi connectivity index (χ2v) is 9.31. The maximum atomic E-state index is 11.0. The summed E-state index contributed by atoms with van der Waals surface area (Å²) in [6.07, 6.45) is 5.45. The maximum absolute atomic E-state index is 11.0. The van der Waals surface area contributed by atoms with Crippen molar-refractivity contribution in [2.24, 2.45) is 0 Å². The molecule has 3 aromatic rings. The topological polar surface area (TPSA) is 32.7 Å². The van der Waals surface area contributed by atoms with E-state index < -0.39 is 6.10 Å². The highest BCUT2D eigenvalue weighted by Gasteiger charge is 2.30. The molecule has 0 radical (unpaired) electrons. The third kappa shape index (κ3) is 4.90. The van der Waals surface area contributed by atoms with Crippen LogP contribution in [0, 0.1) is 0 Å². The molecule has 1 saturated carbocycles. The van der Waals surface area contributed by atoms with Crippen LogP contribution in [0.5, 0.6) is 5.75 Å². The summed E-state index contributed by atoms with van der Waals surface area (Å²) in [5.41, 5.74) is 4.94. The molecule has 1 fully saturated rings. The molecule has 1 N–H and O–H groups in total. The minimum atomic E-state index is -0.428. The summed E-state index contributed by atoms with van der Waals surface area (Å²) in [5.74, 6) is 1.57. The minimum absolute atomic E-state index is 0.428. The molecule has 0 amide bonds. The van der Waals surface area contributed by atoms with Gasteiger partial charge in [-0.15, -0.1) is 0 Å². The Balaban J connectivity index is 1.20. The fourth-order valence-corrected chi connectivity index (χ4v) is 5.46. The molecular weight excluding hydrogens is 394 g/mol. The summed E-state index contributed by atoms with van der Waals surface area (Å²) in [5, 5.41) is 11.0. The molecule has 2 aliphatic rings. The quantitative estimate of drug-likeness (QED) is 0.552. The van der Waals surface area contributed by atoms with Crippen molar-refractivity contribution in [3.8, 4) is 5.75 Å². The highest BCUT2D eigenvalue weighted by Crippen LogP contribution is 2.36. The molecule has 0 spiro atoms. The van der Waals surface area contributed by atoms with Crippen LogP contribution in [0.4, 0.5) is 0 Å². The number of nitrogens with zero attached hydrogens (tertiary/aromatic N) is 1. The standard InChI is InChI=1S/C29H33NO2/c31-29-20-30(26-13-11-24(12-14-26)23-9-5-2-6-10-23)18-17-25-19-27(15-16-28(25)29)32-21-22-7-3-1-4-8-22/h1-10,15-16,19,24,26,29,31H,11-14,17-18,20-21H2. The lowest BCUT2D eigenvalue weighted by Gasteiger charge is -2.37. The first-order valence-corrected chi connectivity index (χ1v) is 12.0. The molecule has 1 unspecified atom stereocenters. The van der Waals surface area contributed by atoms with E-state index in [1.165, 1.54) is 42.4 Å². The van der Waals surface area contributed by atoms with E-state index in [4.69, 9.17) is 4.74 Å². The van der Waals surface area contributed by atoms with Gasteiger partial charge in [-0.3, -0.25) is 4.90 Å². The number of fused-ring (bicyclic) bond motifs is 1. The number of benzene rings is 3. The van der Waals surface area contributed by atoms with Crippen LogP contribution in [0.2, 0.25) is 0 Å². The normalized spacial score (nSPS) is 23.8. The molecule has 3 nitrogen and oxygen atoms in total. The molecule has 0 saturated heterocycles. The smallest absolute Gasteiger partial charge is 0.120 e. The van der Waals surface area contributed by atoms with Crippen molar-refractivity contribution in [2.75, 3.05) is 13.1 Å². The van der Waals surface area contributed by atoms with Gasteiger partial charge in [-0.2, -0.15) is 0 Å². The third-order valence-corrected chi connectivity index (χ3v) is 7.28. The summed E-state index contributed by atoms with van der Waals surface area (Å²) in [6, 6.07) is 28.0. The summed E-state index contributed by atoms with van der Waals surface area (Å²) in [6.45, 7) is 2.31. The van der Waals surface area contributed by atoms with Crippen LogP contribution < -0.4 is 4.74 Å². The van der Waals surface area contributed by atoms with Crippen molar-refractivity contribution in [3.05, 3.63) is 101 Å². The van der Waals surface area contributed by atoms with Crippen molar-refractivity contribution < 1.29 is 9.84 Å². The number of ether oxygens (including phenoxy) is 1. The van der Waals surface area contributed by atoms with Gasteiger partial charge in [0.25, 0.3) is 0 Å². The van der Waals surface area contributed by atoms with E-state index in [1.54, 1.807) is 0 Å². The Kier molecular flexibility index (Phi) is 6.56. The predicted octanol–water partition coefficient (Wildman–Crippen LogP) is 5.88. The molecule has 32 heavy (non-hydrogen) atoms. The van der Waals surface area contributed by atoms with Gasteiger partial charge >= 0.3 is 0 Å². The molecule has 3 aromatic carbocycles. The molecule has 1 aliphatic heterocycles. The van der Waals surface area contributed by atoms with Crippen LogP contribution in [-0.2, 0) is 13.0 Å². The van der Waals surface area contributed by atoms with Crippen molar-refractivity contribution in [2.45, 2.75) is 56.8 Å². The predicted molar refractivity (Wildman–Crippen MR) is 129 cm³/mol. The largest absolute Gasteiger partial charge is 0.489 e. The molecule has 3 heteroatoms. The average Bonchev–Trinajstić information content (AvgIpc) is 3.02. The number of aliphatic hydroxyl groups is 1. The molecule has 0 aromatic heterocycles. The highest BCUT2D eigenvalue weighted by atomic mass is 16.5. The highest BCUT2D eigenvalue weighted by molar-refractivity contribution is 5.38. The first-order chi connectivity index (χ1) is 15.8. The summed E-state index contributed by atoms with van der Waals surface area (Å²) in [4.78, 5) is 2.54. The van der Waals surface area contributed by atoms with Crippen LogP contribution in [0.1, 0.15) is 60.0 Å². The fraction of sp³-hybridized carbons (Fsp3) is 0.379. The Labute approximate surface area is 191 Å². The van der Waals surface area contributed by atoms with E-state index >= 15 is 0 Å². The van der Waals surface area contributed by atoms with Gasteiger partial charge in [-0.05, 0) is 72.4 Å². The van der Waals surface area contributed by atoms with Gasteiger partial charge in [-0.1, -0.05) is 66.7 Å². The third-order valence-electron chi connectivity index (χ3n) is 7.28. The van der Waals surface area contributed by atoms with Crippen molar-refractivity contribution in [3.63, 3.8) is 0 Å². The van der Waals surface area contributed by atoms with Gasteiger partial charge < -0.3 is 9.84 Å². The number of β-amino-alcohol motifs (C(OH)–C–C–N with tert-alkyl or cyclic N) is 1. The van der Waals surface area contributed by atoms with E-state index in [1.807, 2.05) is 24.3 Å². The Hall–Kier alpha value is -2.62. The van der Waals surface area contributed by atoms with Crippen LogP contribution in [-0.4, -0.2) is 29.1 Å². The fourth-order valence-electron chi connectivity index (χ4n) is 5.46. The minimum Gasteiger partial charge on any atom is -0.489 e. The molecule has 1 heterocycles. The zero-order valence-electron chi connectivity index (χ0n) is 18.7. The van der Waals surface area contributed by atoms with Crippen LogP contribution in [0.25, 0.3) is 0 Å². The van der Waals surface area contributed by atoms with E-state index in [0.29, 0.717) is 18.6 Å². The van der Waals surface area contributed by atoms with E-state index in [0.717, 1.165) is 30.8 Å². The Bertz CT molecular complexity index is 996. The zero-order valence-corrected chi connectivity index (χ0v) is 18.7. The second-order valence-electron chi connectivity index (χ2n) is 9.31. The van der Waals surface area contributed by atoms with Crippen molar-refractivity contribution in [1.82, 2.24) is 4.90 Å². The first kappa shape index (κ1) is 21.2. The Morgan fingerprint density at radius 3 is 2.31 bits per heavy atom. The summed E-state index contributed by atoms with van der Waals surface area (Å²) < 4.78 is 6.04. The van der Waals surface area contributed by atoms with Crippen molar-refractivity contribution in [1.29, 1.82) is 0 Å². The number of rotatable bonds is 5. The molecule has 1 atom stereocenters. The van der Waals surface area contributed by atoms with Crippen LogP contribution in [0.3, 0.4) is 0 Å². The lowest BCUT2D eigenvalue weighted by atomic mass is 9.81.